The van der Waals surface area contributed by atoms with Crippen LogP contribution in [0.3, 0.4) is 0 Å². The molecule has 0 saturated carbocycles. The summed E-state index contributed by atoms with van der Waals surface area (Å²) in [4.78, 5) is 12.9. The molecule has 5 heteroatoms. The Morgan fingerprint density at radius 1 is 1.45 bits per heavy atom. The van der Waals surface area contributed by atoms with Crippen LogP contribution in [0.25, 0.3) is 0 Å². The van der Waals surface area contributed by atoms with E-state index in [1.807, 2.05) is 0 Å². The van der Waals surface area contributed by atoms with Crippen molar-refractivity contribution in [3.8, 4) is 0 Å². The predicted molar refractivity (Wildman–Crippen MR) is 78.8 cm³/mol. The van der Waals surface area contributed by atoms with Crippen LogP contribution in [0.4, 0.5) is 0 Å². The van der Waals surface area contributed by atoms with Gasteiger partial charge in [-0.1, -0.05) is 19.9 Å². The van der Waals surface area contributed by atoms with Crippen LogP contribution in [0, 0.1) is 5.92 Å². The normalized spacial score (nSPS) is 12.6. The minimum atomic E-state index is -0.441. The number of nitrogens with one attached hydrogen (secondary N) is 1. The van der Waals surface area contributed by atoms with Gasteiger partial charge in [-0.15, -0.1) is 11.3 Å². The van der Waals surface area contributed by atoms with Crippen molar-refractivity contribution in [2.75, 3.05) is 7.11 Å². The number of hydrogen-bond donors (Lipinski definition) is 1. The summed E-state index contributed by atoms with van der Waals surface area (Å²) >= 11 is 1.73. The molecule has 1 unspecified atom stereocenters. The molecule has 1 N–H and O–H groups in total. The van der Waals surface area contributed by atoms with Crippen LogP contribution in [-0.2, 0) is 11.3 Å². The summed E-state index contributed by atoms with van der Waals surface area (Å²) in [6.07, 6.45) is 1.51. The van der Waals surface area contributed by atoms with Gasteiger partial charge in [0.2, 0.25) is 5.76 Å². The van der Waals surface area contributed by atoms with Crippen molar-refractivity contribution >= 4 is 17.3 Å². The predicted octanol–water partition coefficient (Wildman–Crippen LogP) is 3.61. The third kappa shape index (κ3) is 3.29. The Bertz CT molecular complexity index is 545. The zero-order valence-corrected chi connectivity index (χ0v) is 12.7. The molecule has 2 aromatic heterocycles. The van der Waals surface area contributed by atoms with Gasteiger partial charge in [0, 0.05) is 23.0 Å². The van der Waals surface area contributed by atoms with Crippen molar-refractivity contribution in [2.24, 2.45) is 5.92 Å². The van der Waals surface area contributed by atoms with E-state index in [0.717, 1.165) is 5.56 Å². The smallest absolute Gasteiger partial charge is 0.374 e. The molecule has 0 aliphatic heterocycles. The van der Waals surface area contributed by atoms with Crippen LogP contribution >= 0.6 is 11.3 Å². The summed E-state index contributed by atoms with van der Waals surface area (Å²) in [6.45, 7) is 4.92. The van der Waals surface area contributed by atoms with Crippen molar-refractivity contribution in [2.45, 2.75) is 26.4 Å². The number of hydrogen-bond acceptors (Lipinski definition) is 5. The maximum atomic E-state index is 11.6. The van der Waals surface area contributed by atoms with E-state index in [1.54, 1.807) is 17.4 Å². The maximum absolute atomic E-state index is 11.6. The number of ether oxygens (including phenoxy) is 1. The van der Waals surface area contributed by atoms with E-state index in [-0.39, 0.29) is 11.8 Å². The third-order valence-electron chi connectivity index (χ3n) is 3.15. The molecule has 2 heterocycles. The lowest BCUT2D eigenvalue weighted by atomic mass is 10.0. The molecule has 4 nitrogen and oxygen atoms in total. The second-order valence-electron chi connectivity index (χ2n) is 4.88. The molecule has 0 aromatic carbocycles. The van der Waals surface area contributed by atoms with Gasteiger partial charge in [0.25, 0.3) is 0 Å². The van der Waals surface area contributed by atoms with E-state index in [1.165, 1.54) is 18.3 Å². The molecule has 0 radical (unpaired) electrons. The average Bonchev–Trinajstić information content (AvgIpc) is 3.08. The minimum absolute atomic E-state index is 0.260. The SMILES string of the molecule is COC(=O)c1occc1CNC(c1cccs1)C(C)C. The summed E-state index contributed by atoms with van der Waals surface area (Å²) in [7, 11) is 1.35. The molecule has 2 aromatic rings. The van der Waals surface area contributed by atoms with Gasteiger partial charge in [0.15, 0.2) is 0 Å². The number of carbonyl (C=O) groups is 1. The number of thiophene rings is 1. The van der Waals surface area contributed by atoms with Crippen molar-refractivity contribution < 1.29 is 13.9 Å². The fourth-order valence-electron chi connectivity index (χ4n) is 2.10. The maximum Gasteiger partial charge on any atom is 0.374 e. The zero-order chi connectivity index (χ0) is 14.5. The first-order chi connectivity index (χ1) is 9.63. The average molecular weight is 293 g/mol. The quantitative estimate of drug-likeness (QED) is 0.827. The first kappa shape index (κ1) is 14.8. The highest BCUT2D eigenvalue weighted by molar-refractivity contribution is 7.10. The van der Waals surface area contributed by atoms with E-state index < -0.39 is 5.97 Å². The van der Waals surface area contributed by atoms with Crippen LogP contribution in [0.15, 0.2) is 34.3 Å². The molecule has 0 fully saturated rings. The Kier molecular flexibility index (Phi) is 4.98. The first-order valence-electron chi connectivity index (χ1n) is 6.55. The largest absolute Gasteiger partial charge is 0.463 e. The highest BCUT2D eigenvalue weighted by Gasteiger charge is 2.19. The van der Waals surface area contributed by atoms with E-state index in [9.17, 15) is 4.79 Å². The second kappa shape index (κ2) is 6.72. The first-order valence-corrected chi connectivity index (χ1v) is 7.43. The van der Waals surface area contributed by atoms with Crippen LogP contribution in [0.1, 0.15) is 40.9 Å². The lowest BCUT2D eigenvalue weighted by Crippen LogP contribution is -2.25. The summed E-state index contributed by atoms with van der Waals surface area (Å²) < 4.78 is 9.89. The van der Waals surface area contributed by atoms with Gasteiger partial charge < -0.3 is 14.5 Å². The molecule has 108 valence electrons. The molecule has 0 saturated heterocycles. The molecule has 20 heavy (non-hydrogen) atoms. The monoisotopic (exact) mass is 293 g/mol. The third-order valence-corrected chi connectivity index (χ3v) is 4.10. The van der Waals surface area contributed by atoms with E-state index in [2.05, 4.69) is 36.7 Å². The van der Waals surface area contributed by atoms with E-state index in [4.69, 9.17) is 9.15 Å². The molecule has 2 rings (SSSR count). The van der Waals surface area contributed by atoms with Crippen LogP contribution < -0.4 is 5.32 Å². The molecule has 0 amide bonds. The fourth-order valence-corrected chi connectivity index (χ4v) is 3.07. The second-order valence-corrected chi connectivity index (χ2v) is 5.86. The molecular weight excluding hydrogens is 274 g/mol. The molecule has 0 aliphatic rings. The standard InChI is InChI=1S/C15H19NO3S/c1-10(2)13(12-5-4-8-20-12)16-9-11-6-7-19-14(11)15(17)18-3/h4-8,10,13,16H,9H2,1-3H3. The Morgan fingerprint density at radius 2 is 2.25 bits per heavy atom. The number of rotatable bonds is 6. The Morgan fingerprint density at radius 3 is 2.85 bits per heavy atom. The molecule has 0 bridgehead atoms. The van der Waals surface area contributed by atoms with Crippen LogP contribution in [-0.4, -0.2) is 13.1 Å². The number of furan rings is 1. The van der Waals surface area contributed by atoms with Gasteiger partial charge in [-0.05, 0) is 23.4 Å². The highest BCUT2D eigenvalue weighted by atomic mass is 32.1. The van der Waals surface area contributed by atoms with Crippen molar-refractivity contribution in [1.82, 2.24) is 5.32 Å². The van der Waals surface area contributed by atoms with Crippen LogP contribution in [0.2, 0.25) is 0 Å². The minimum Gasteiger partial charge on any atom is -0.463 e. The molecule has 0 aliphatic carbocycles. The van der Waals surface area contributed by atoms with Gasteiger partial charge in [-0.3, -0.25) is 0 Å². The fraction of sp³-hybridized carbons (Fsp3) is 0.400. The highest BCUT2D eigenvalue weighted by Crippen LogP contribution is 2.26. The molecular formula is C15H19NO3S. The van der Waals surface area contributed by atoms with Crippen LogP contribution in [0.5, 0.6) is 0 Å². The number of carbonyl (C=O) groups excluding carboxylic acids is 1. The van der Waals surface area contributed by atoms with Gasteiger partial charge in [-0.25, -0.2) is 4.79 Å². The summed E-state index contributed by atoms with van der Waals surface area (Å²) in [5, 5.41) is 5.56. The summed E-state index contributed by atoms with van der Waals surface area (Å²) in [5.41, 5.74) is 0.819. The van der Waals surface area contributed by atoms with Crippen molar-refractivity contribution in [1.29, 1.82) is 0 Å². The lowest BCUT2D eigenvalue weighted by Gasteiger charge is -2.21. The topological polar surface area (TPSA) is 51.5 Å². The van der Waals surface area contributed by atoms with E-state index >= 15 is 0 Å². The molecule has 0 spiro atoms. The Hall–Kier alpha value is -1.59. The molecule has 1 atom stereocenters. The number of methoxy groups -OCH3 is 1. The van der Waals surface area contributed by atoms with Crippen molar-refractivity contribution in [3.05, 3.63) is 46.0 Å². The Balaban J connectivity index is 2.07. The zero-order valence-electron chi connectivity index (χ0n) is 11.9. The van der Waals surface area contributed by atoms with Gasteiger partial charge in [-0.2, -0.15) is 0 Å². The lowest BCUT2D eigenvalue weighted by molar-refractivity contribution is 0.0563. The van der Waals surface area contributed by atoms with Gasteiger partial charge in [0.05, 0.1) is 13.4 Å². The summed E-state index contributed by atoms with van der Waals surface area (Å²) in [5.74, 6) is 0.292. The Labute approximate surface area is 122 Å². The van der Waals surface area contributed by atoms with Gasteiger partial charge >= 0.3 is 5.97 Å². The summed E-state index contributed by atoms with van der Waals surface area (Å²) in [6, 6.07) is 6.23. The number of esters is 1. The van der Waals surface area contributed by atoms with Crippen molar-refractivity contribution in [3.63, 3.8) is 0 Å². The van der Waals surface area contributed by atoms with E-state index in [0.29, 0.717) is 12.5 Å². The van der Waals surface area contributed by atoms with Gasteiger partial charge in [0.1, 0.15) is 0 Å².